The van der Waals surface area contributed by atoms with Gasteiger partial charge in [0, 0.05) is 0 Å². The minimum atomic E-state index is -0.479. The van der Waals surface area contributed by atoms with E-state index in [4.69, 9.17) is 4.74 Å². The number of carbonyl (C=O) groups excluding carboxylic acids is 1. The Balaban J connectivity index is 2.72. The van der Waals surface area contributed by atoms with Crippen molar-refractivity contribution in [2.24, 2.45) is 0 Å². The fourth-order valence-electron chi connectivity index (χ4n) is 2.02. The third-order valence-corrected chi connectivity index (χ3v) is 2.76. The molecule has 16 heavy (non-hydrogen) atoms. The SMILES string of the molecule is CCNC1(C(=O)OC(C)(C)C)CCNCC1. The van der Waals surface area contributed by atoms with Crippen molar-refractivity contribution in [3.8, 4) is 0 Å². The number of piperidine rings is 1. The molecular weight excluding hydrogens is 204 g/mol. The van der Waals surface area contributed by atoms with Crippen LogP contribution in [0.4, 0.5) is 0 Å². The lowest BCUT2D eigenvalue weighted by atomic mass is 9.88. The first-order valence-corrected chi connectivity index (χ1v) is 6.09. The van der Waals surface area contributed by atoms with Crippen molar-refractivity contribution in [1.82, 2.24) is 10.6 Å². The molecule has 0 atom stereocenters. The number of rotatable bonds is 3. The summed E-state index contributed by atoms with van der Waals surface area (Å²) in [6, 6.07) is 0. The largest absolute Gasteiger partial charge is 0.459 e. The molecular formula is C12H24N2O2. The number of ether oxygens (including phenoxy) is 1. The van der Waals surface area contributed by atoms with E-state index in [-0.39, 0.29) is 5.97 Å². The van der Waals surface area contributed by atoms with Gasteiger partial charge < -0.3 is 15.4 Å². The lowest BCUT2D eigenvalue weighted by molar-refractivity contribution is -0.164. The maximum Gasteiger partial charge on any atom is 0.326 e. The van der Waals surface area contributed by atoms with Crippen molar-refractivity contribution >= 4 is 5.97 Å². The summed E-state index contributed by atoms with van der Waals surface area (Å²) in [6.07, 6.45) is 1.60. The summed E-state index contributed by atoms with van der Waals surface area (Å²) >= 11 is 0. The second kappa shape index (κ2) is 5.15. The van der Waals surface area contributed by atoms with Gasteiger partial charge in [0.2, 0.25) is 0 Å². The van der Waals surface area contributed by atoms with Crippen LogP contribution in [0.25, 0.3) is 0 Å². The Kier molecular flexibility index (Phi) is 4.33. The summed E-state index contributed by atoms with van der Waals surface area (Å²) in [4.78, 5) is 12.2. The number of hydrogen-bond donors (Lipinski definition) is 2. The minimum absolute atomic E-state index is 0.108. The molecule has 1 aliphatic rings. The Morgan fingerprint density at radius 1 is 1.38 bits per heavy atom. The Bertz CT molecular complexity index is 234. The van der Waals surface area contributed by atoms with Gasteiger partial charge in [-0.05, 0) is 53.2 Å². The highest BCUT2D eigenvalue weighted by Gasteiger charge is 2.41. The summed E-state index contributed by atoms with van der Waals surface area (Å²) in [5.41, 5.74) is -0.891. The van der Waals surface area contributed by atoms with Crippen LogP contribution in [0, 0.1) is 0 Å². The van der Waals surface area contributed by atoms with Gasteiger partial charge >= 0.3 is 5.97 Å². The molecule has 2 N–H and O–H groups in total. The minimum Gasteiger partial charge on any atom is -0.459 e. The molecule has 0 aromatic carbocycles. The molecule has 4 nitrogen and oxygen atoms in total. The lowest BCUT2D eigenvalue weighted by Gasteiger charge is -2.38. The van der Waals surface area contributed by atoms with Crippen LogP contribution < -0.4 is 10.6 Å². The van der Waals surface area contributed by atoms with Gasteiger partial charge in [0.15, 0.2) is 0 Å². The zero-order chi connectivity index (χ0) is 12.2. The van der Waals surface area contributed by atoms with Crippen LogP contribution in [0.3, 0.4) is 0 Å². The van der Waals surface area contributed by atoms with E-state index in [9.17, 15) is 4.79 Å². The smallest absolute Gasteiger partial charge is 0.326 e. The predicted octanol–water partition coefficient (Wildman–Crippen LogP) is 1.06. The van der Waals surface area contributed by atoms with Crippen LogP contribution in [-0.2, 0) is 9.53 Å². The first-order chi connectivity index (χ1) is 7.40. The molecule has 0 aliphatic carbocycles. The molecule has 1 aliphatic heterocycles. The van der Waals surface area contributed by atoms with E-state index in [2.05, 4.69) is 10.6 Å². The fraction of sp³-hybridized carbons (Fsp3) is 0.917. The molecule has 0 aromatic heterocycles. The summed E-state index contributed by atoms with van der Waals surface area (Å²) in [5.74, 6) is -0.108. The Hall–Kier alpha value is -0.610. The van der Waals surface area contributed by atoms with Crippen molar-refractivity contribution < 1.29 is 9.53 Å². The van der Waals surface area contributed by atoms with Crippen molar-refractivity contribution in [1.29, 1.82) is 0 Å². The van der Waals surface area contributed by atoms with Crippen molar-refractivity contribution in [3.63, 3.8) is 0 Å². The third kappa shape index (κ3) is 3.46. The predicted molar refractivity (Wildman–Crippen MR) is 64.4 cm³/mol. The van der Waals surface area contributed by atoms with Gasteiger partial charge in [-0.15, -0.1) is 0 Å². The standard InChI is InChI=1S/C12H24N2O2/c1-5-14-12(6-8-13-9-7-12)10(15)16-11(2,3)4/h13-14H,5-9H2,1-4H3. The number of nitrogens with one attached hydrogen (secondary N) is 2. The molecule has 0 spiro atoms. The molecule has 1 fully saturated rings. The number of hydrogen-bond acceptors (Lipinski definition) is 4. The van der Waals surface area contributed by atoms with E-state index in [1.807, 2.05) is 27.7 Å². The van der Waals surface area contributed by atoms with E-state index in [0.717, 1.165) is 32.5 Å². The van der Waals surface area contributed by atoms with Gasteiger partial charge in [-0.1, -0.05) is 6.92 Å². The quantitative estimate of drug-likeness (QED) is 0.709. The van der Waals surface area contributed by atoms with Gasteiger partial charge in [0.1, 0.15) is 11.1 Å². The van der Waals surface area contributed by atoms with E-state index < -0.39 is 11.1 Å². The lowest BCUT2D eigenvalue weighted by Crippen LogP contribution is -2.59. The molecule has 0 unspecified atom stereocenters. The maximum absolute atomic E-state index is 12.2. The molecule has 0 radical (unpaired) electrons. The molecule has 1 heterocycles. The van der Waals surface area contributed by atoms with Crippen LogP contribution >= 0.6 is 0 Å². The van der Waals surface area contributed by atoms with Gasteiger partial charge in [0.05, 0.1) is 0 Å². The molecule has 4 heteroatoms. The normalized spacial score (nSPS) is 20.5. The summed E-state index contributed by atoms with van der Waals surface area (Å²) in [5, 5.41) is 6.57. The van der Waals surface area contributed by atoms with Gasteiger partial charge in [0.25, 0.3) is 0 Å². The van der Waals surface area contributed by atoms with Crippen LogP contribution in [0.15, 0.2) is 0 Å². The second-order valence-electron chi connectivity index (χ2n) is 5.36. The van der Waals surface area contributed by atoms with Crippen molar-refractivity contribution in [2.75, 3.05) is 19.6 Å². The Labute approximate surface area is 98.1 Å². The number of likely N-dealkylation sites (N-methyl/N-ethyl adjacent to an activating group) is 1. The average molecular weight is 228 g/mol. The van der Waals surface area contributed by atoms with E-state index >= 15 is 0 Å². The van der Waals surface area contributed by atoms with Crippen LogP contribution in [0.1, 0.15) is 40.5 Å². The molecule has 0 aromatic rings. The molecule has 0 saturated carbocycles. The number of esters is 1. The third-order valence-electron chi connectivity index (χ3n) is 2.76. The fourth-order valence-corrected chi connectivity index (χ4v) is 2.02. The van der Waals surface area contributed by atoms with Crippen molar-refractivity contribution in [2.45, 2.75) is 51.7 Å². The molecule has 0 amide bonds. The van der Waals surface area contributed by atoms with Crippen LogP contribution in [-0.4, -0.2) is 36.7 Å². The van der Waals surface area contributed by atoms with Crippen LogP contribution in [0.2, 0.25) is 0 Å². The molecule has 94 valence electrons. The average Bonchev–Trinajstić information content (AvgIpc) is 2.17. The number of carbonyl (C=O) groups is 1. The summed E-state index contributed by atoms with van der Waals surface area (Å²) < 4.78 is 5.50. The first kappa shape index (κ1) is 13.5. The molecule has 1 rings (SSSR count). The van der Waals surface area contributed by atoms with E-state index in [1.165, 1.54) is 0 Å². The van der Waals surface area contributed by atoms with Gasteiger partial charge in [-0.2, -0.15) is 0 Å². The van der Waals surface area contributed by atoms with Gasteiger partial charge in [-0.3, -0.25) is 4.79 Å². The highest BCUT2D eigenvalue weighted by molar-refractivity contribution is 5.81. The zero-order valence-electron chi connectivity index (χ0n) is 10.9. The highest BCUT2D eigenvalue weighted by Crippen LogP contribution is 2.23. The maximum atomic E-state index is 12.2. The Morgan fingerprint density at radius 2 is 1.94 bits per heavy atom. The van der Waals surface area contributed by atoms with Crippen LogP contribution in [0.5, 0.6) is 0 Å². The van der Waals surface area contributed by atoms with E-state index in [1.54, 1.807) is 0 Å². The monoisotopic (exact) mass is 228 g/mol. The van der Waals surface area contributed by atoms with Gasteiger partial charge in [-0.25, -0.2) is 0 Å². The second-order valence-corrected chi connectivity index (χ2v) is 5.36. The highest BCUT2D eigenvalue weighted by atomic mass is 16.6. The summed E-state index contributed by atoms with van der Waals surface area (Å²) in [6.45, 7) is 10.3. The van der Waals surface area contributed by atoms with E-state index in [0.29, 0.717) is 0 Å². The zero-order valence-corrected chi connectivity index (χ0v) is 10.9. The van der Waals surface area contributed by atoms with Crippen molar-refractivity contribution in [3.05, 3.63) is 0 Å². The molecule has 0 bridgehead atoms. The Morgan fingerprint density at radius 3 is 2.38 bits per heavy atom. The summed E-state index contributed by atoms with van der Waals surface area (Å²) in [7, 11) is 0. The molecule has 1 saturated heterocycles. The first-order valence-electron chi connectivity index (χ1n) is 6.09. The topological polar surface area (TPSA) is 50.4 Å².